The van der Waals surface area contributed by atoms with Crippen LogP contribution in [-0.2, 0) is 11.3 Å². The molecule has 0 amide bonds. The van der Waals surface area contributed by atoms with Crippen molar-refractivity contribution in [1.29, 1.82) is 0 Å². The molecule has 2 aromatic rings. The van der Waals surface area contributed by atoms with Gasteiger partial charge in [-0.05, 0) is 48.9 Å². The number of aromatic hydroxyl groups is 1. The van der Waals surface area contributed by atoms with Crippen LogP contribution in [0.2, 0.25) is 5.02 Å². The minimum absolute atomic E-state index is 0. The van der Waals surface area contributed by atoms with Crippen molar-refractivity contribution in [3.05, 3.63) is 53.1 Å². The average Bonchev–Trinajstić information content (AvgIpc) is 2.66. The van der Waals surface area contributed by atoms with Gasteiger partial charge in [-0.2, -0.15) is 10.2 Å². The number of phenols is 1. The number of unbranched alkanes of at least 4 members (excludes halogenated alkanes) is 3. The van der Waals surface area contributed by atoms with Crippen LogP contribution in [-0.4, -0.2) is 37.0 Å². The number of halogens is 2. The molecule has 0 atom stereocenters. The normalized spacial score (nSPS) is 11.6. The molecule has 160 valence electrons. The van der Waals surface area contributed by atoms with Gasteiger partial charge in [-0.25, -0.2) is 0 Å². The third kappa shape index (κ3) is 9.59. The van der Waals surface area contributed by atoms with Crippen molar-refractivity contribution in [2.45, 2.75) is 39.2 Å². The van der Waals surface area contributed by atoms with E-state index in [1.54, 1.807) is 24.3 Å². The Kier molecular flexibility index (Phi) is 11.2. The Bertz CT molecular complexity index is 765. The van der Waals surface area contributed by atoms with Crippen LogP contribution in [0, 0.1) is 0 Å². The first kappa shape index (κ1) is 25.4. The van der Waals surface area contributed by atoms with Gasteiger partial charge in [-0.3, -0.25) is 0 Å². The highest BCUT2D eigenvalue weighted by molar-refractivity contribution is 6.30. The lowest BCUT2D eigenvalue weighted by molar-refractivity contribution is -0.922. The minimum atomic E-state index is 0. The van der Waals surface area contributed by atoms with E-state index in [4.69, 9.17) is 16.3 Å². The zero-order chi connectivity index (χ0) is 20.4. The van der Waals surface area contributed by atoms with Gasteiger partial charge in [0.25, 0.3) is 0 Å². The highest BCUT2D eigenvalue weighted by Crippen LogP contribution is 2.27. The number of phenolic OH excluding ortho intramolecular Hbond substituents is 1. The van der Waals surface area contributed by atoms with Gasteiger partial charge in [-0.1, -0.05) is 37.8 Å². The van der Waals surface area contributed by atoms with Crippen molar-refractivity contribution in [3.8, 4) is 5.75 Å². The third-order valence-corrected chi connectivity index (χ3v) is 4.60. The molecule has 1 N–H and O–H groups in total. The molecule has 7 heteroatoms. The van der Waals surface area contributed by atoms with Crippen LogP contribution in [0.25, 0.3) is 0 Å². The fourth-order valence-corrected chi connectivity index (χ4v) is 2.96. The van der Waals surface area contributed by atoms with E-state index in [1.807, 2.05) is 18.2 Å². The SMILES string of the molecule is CCCCCCOC[N+](C)(C)Cc1cc(N=Nc2ccc(Cl)cc2)ccc1O.[Cl-]. The second-order valence-corrected chi connectivity index (χ2v) is 8.12. The van der Waals surface area contributed by atoms with Crippen molar-refractivity contribution < 1.29 is 26.7 Å². The molecule has 0 aliphatic carbocycles. The summed E-state index contributed by atoms with van der Waals surface area (Å²) in [6, 6.07) is 12.5. The fraction of sp³-hybridized carbons (Fsp3) is 0.455. The number of nitrogens with zero attached hydrogens (tertiary/aromatic N) is 3. The Morgan fingerprint density at radius 1 is 0.966 bits per heavy atom. The van der Waals surface area contributed by atoms with E-state index in [9.17, 15) is 5.11 Å². The molecule has 0 saturated heterocycles. The van der Waals surface area contributed by atoms with Gasteiger partial charge in [-0.15, -0.1) is 0 Å². The van der Waals surface area contributed by atoms with E-state index in [0.29, 0.717) is 28.5 Å². The number of hydrogen-bond donors (Lipinski definition) is 1. The molecule has 0 aromatic heterocycles. The van der Waals surface area contributed by atoms with Gasteiger partial charge in [0.05, 0.1) is 37.6 Å². The molecule has 5 nitrogen and oxygen atoms in total. The summed E-state index contributed by atoms with van der Waals surface area (Å²) in [5.41, 5.74) is 2.25. The Morgan fingerprint density at radius 3 is 2.31 bits per heavy atom. The minimum Gasteiger partial charge on any atom is -1.00 e. The number of ether oxygens (including phenoxy) is 1. The van der Waals surface area contributed by atoms with Gasteiger partial charge in [0.15, 0.2) is 6.73 Å². The molecule has 0 spiro atoms. The summed E-state index contributed by atoms with van der Waals surface area (Å²) in [5, 5.41) is 19.4. The molecule has 2 aromatic carbocycles. The maximum atomic E-state index is 10.2. The Balaban J connectivity index is 0.00000420. The van der Waals surface area contributed by atoms with Crippen LogP contribution in [0.4, 0.5) is 11.4 Å². The molecular weight excluding hydrogens is 409 g/mol. The number of quaternary nitrogens is 1. The molecule has 0 aliphatic heterocycles. The van der Waals surface area contributed by atoms with Crippen molar-refractivity contribution in [2.75, 3.05) is 27.4 Å². The molecular formula is C22H31Cl2N3O2. The summed E-state index contributed by atoms with van der Waals surface area (Å²) >= 11 is 5.88. The molecule has 0 bridgehead atoms. The molecule has 0 radical (unpaired) electrons. The van der Waals surface area contributed by atoms with Crippen LogP contribution in [0.5, 0.6) is 5.75 Å². The molecule has 0 saturated carbocycles. The largest absolute Gasteiger partial charge is 1.00 e. The zero-order valence-corrected chi connectivity index (χ0v) is 19.0. The van der Waals surface area contributed by atoms with Crippen LogP contribution in [0.15, 0.2) is 52.7 Å². The lowest BCUT2D eigenvalue weighted by atomic mass is 10.1. The molecule has 0 unspecified atom stereocenters. The van der Waals surface area contributed by atoms with Crippen molar-refractivity contribution in [2.24, 2.45) is 10.2 Å². The topological polar surface area (TPSA) is 54.2 Å². The summed E-state index contributed by atoms with van der Waals surface area (Å²) in [6.07, 6.45) is 4.80. The van der Waals surface area contributed by atoms with Crippen LogP contribution < -0.4 is 12.4 Å². The highest BCUT2D eigenvalue weighted by Gasteiger charge is 2.18. The number of rotatable bonds is 11. The molecule has 0 heterocycles. The van der Waals surface area contributed by atoms with Crippen molar-refractivity contribution in [1.82, 2.24) is 0 Å². The summed E-state index contributed by atoms with van der Waals surface area (Å²) in [4.78, 5) is 0. The summed E-state index contributed by atoms with van der Waals surface area (Å²) in [7, 11) is 4.18. The number of hydrogen-bond acceptors (Lipinski definition) is 4. The Hall–Kier alpha value is -1.66. The van der Waals surface area contributed by atoms with Crippen molar-refractivity contribution >= 4 is 23.0 Å². The number of benzene rings is 2. The van der Waals surface area contributed by atoms with E-state index in [-0.39, 0.29) is 18.2 Å². The van der Waals surface area contributed by atoms with E-state index >= 15 is 0 Å². The van der Waals surface area contributed by atoms with Crippen LogP contribution in [0.3, 0.4) is 0 Å². The van der Waals surface area contributed by atoms with Gasteiger partial charge >= 0.3 is 0 Å². The van der Waals surface area contributed by atoms with Gasteiger partial charge < -0.3 is 26.7 Å². The average molecular weight is 440 g/mol. The maximum absolute atomic E-state index is 10.2. The van der Waals surface area contributed by atoms with E-state index < -0.39 is 0 Å². The van der Waals surface area contributed by atoms with Crippen molar-refractivity contribution in [3.63, 3.8) is 0 Å². The molecule has 0 aliphatic rings. The zero-order valence-electron chi connectivity index (χ0n) is 17.4. The lowest BCUT2D eigenvalue weighted by Crippen LogP contribution is -3.00. The lowest BCUT2D eigenvalue weighted by Gasteiger charge is -2.29. The van der Waals surface area contributed by atoms with Gasteiger partial charge in [0.1, 0.15) is 12.3 Å². The highest BCUT2D eigenvalue weighted by atomic mass is 35.5. The fourth-order valence-electron chi connectivity index (χ4n) is 2.83. The monoisotopic (exact) mass is 439 g/mol. The predicted octanol–water partition coefficient (Wildman–Crippen LogP) is 3.60. The van der Waals surface area contributed by atoms with Crippen LogP contribution in [0.1, 0.15) is 38.2 Å². The van der Waals surface area contributed by atoms with Crippen LogP contribution >= 0.6 is 11.6 Å². The second kappa shape index (κ2) is 12.8. The van der Waals surface area contributed by atoms with E-state index in [1.165, 1.54) is 19.3 Å². The second-order valence-electron chi connectivity index (χ2n) is 7.68. The first-order valence-corrected chi connectivity index (χ1v) is 10.2. The predicted molar refractivity (Wildman–Crippen MR) is 115 cm³/mol. The molecule has 2 rings (SSSR count). The van der Waals surface area contributed by atoms with Gasteiger partial charge in [0.2, 0.25) is 0 Å². The number of azo groups is 1. The first-order chi connectivity index (χ1) is 13.4. The molecule has 29 heavy (non-hydrogen) atoms. The molecule has 0 fully saturated rings. The summed E-state index contributed by atoms with van der Waals surface area (Å²) < 4.78 is 6.46. The smallest absolute Gasteiger partial charge is 0.182 e. The van der Waals surface area contributed by atoms with E-state index in [0.717, 1.165) is 24.3 Å². The Labute approximate surface area is 185 Å². The Morgan fingerprint density at radius 2 is 1.62 bits per heavy atom. The first-order valence-electron chi connectivity index (χ1n) is 9.78. The van der Waals surface area contributed by atoms with E-state index in [2.05, 4.69) is 31.2 Å². The quantitative estimate of drug-likeness (QED) is 0.251. The maximum Gasteiger partial charge on any atom is 0.182 e. The third-order valence-electron chi connectivity index (χ3n) is 4.35. The standard InChI is InChI=1S/C22H30ClN3O2.ClH/c1-4-5-6-7-14-28-17-26(2,3)16-18-15-21(12-13-22(18)27)25-24-20-10-8-19(23)9-11-20;/h8-13,15H,4-7,14,16-17H2,1-3H3;1H. The van der Waals surface area contributed by atoms with Gasteiger partial charge in [0, 0.05) is 5.02 Å². The summed E-state index contributed by atoms with van der Waals surface area (Å²) in [5.74, 6) is 0.264. The summed E-state index contributed by atoms with van der Waals surface area (Å²) in [6.45, 7) is 4.23.